The van der Waals surface area contributed by atoms with E-state index in [0.717, 1.165) is 11.3 Å². The Bertz CT molecular complexity index is 1280. The fraction of sp³-hybridized carbons (Fsp3) is 0.231. The Kier molecular flexibility index (Phi) is 5.94. The van der Waals surface area contributed by atoms with Crippen molar-refractivity contribution in [3.05, 3.63) is 77.3 Å². The van der Waals surface area contributed by atoms with Crippen LogP contribution in [0.2, 0.25) is 5.02 Å². The minimum atomic E-state index is -1.17. The second-order valence-corrected chi connectivity index (χ2v) is 9.29. The zero-order valence-corrected chi connectivity index (χ0v) is 20.9. The van der Waals surface area contributed by atoms with E-state index in [1.807, 2.05) is 42.2 Å². The Morgan fingerprint density at radius 1 is 1.09 bits per heavy atom. The van der Waals surface area contributed by atoms with Crippen molar-refractivity contribution in [3.8, 4) is 17.2 Å². The summed E-state index contributed by atoms with van der Waals surface area (Å²) in [7, 11) is 3.19. The van der Waals surface area contributed by atoms with Crippen molar-refractivity contribution in [1.82, 2.24) is 5.32 Å². The molecule has 0 aliphatic carbocycles. The highest BCUT2D eigenvalue weighted by Crippen LogP contribution is 2.52. The standard InChI is InChI=1S/C26H24ClN3O4S/c1-26-21(24(31)28-16-9-13-18(32-2)14-10-16)22(19-5-4-6-20(33-3)23(19)34-26)29-25(35)30(26)17-11-7-15(27)8-12-17/h4-14,21-22H,1-3H3,(H,28,31)(H,29,35)/t21-,22+,26+/m1/s1. The van der Waals surface area contributed by atoms with E-state index in [1.54, 1.807) is 50.6 Å². The molecule has 180 valence electrons. The second-order valence-electron chi connectivity index (χ2n) is 8.47. The maximum atomic E-state index is 13.9. The highest BCUT2D eigenvalue weighted by atomic mass is 35.5. The molecular formula is C26H24ClN3O4S. The van der Waals surface area contributed by atoms with E-state index in [0.29, 0.717) is 33.1 Å². The van der Waals surface area contributed by atoms with E-state index in [1.165, 1.54) is 0 Å². The van der Waals surface area contributed by atoms with Crippen LogP contribution in [0.5, 0.6) is 17.2 Å². The van der Waals surface area contributed by atoms with Gasteiger partial charge in [0, 0.05) is 22.0 Å². The average molecular weight is 510 g/mol. The van der Waals surface area contributed by atoms with Gasteiger partial charge in [-0.2, -0.15) is 0 Å². The van der Waals surface area contributed by atoms with Gasteiger partial charge in [0.15, 0.2) is 22.3 Å². The van der Waals surface area contributed by atoms with Gasteiger partial charge in [-0.15, -0.1) is 0 Å². The quantitative estimate of drug-likeness (QED) is 0.460. The lowest BCUT2D eigenvalue weighted by molar-refractivity contribution is -0.130. The summed E-state index contributed by atoms with van der Waals surface area (Å²) in [5.41, 5.74) is 1.02. The van der Waals surface area contributed by atoms with Gasteiger partial charge in [-0.25, -0.2) is 0 Å². The largest absolute Gasteiger partial charge is 0.497 e. The number of carbonyl (C=O) groups is 1. The lowest BCUT2D eigenvalue weighted by atomic mass is 9.78. The Morgan fingerprint density at radius 3 is 2.46 bits per heavy atom. The lowest BCUT2D eigenvalue weighted by Crippen LogP contribution is -2.72. The number of fused-ring (bicyclic) bond motifs is 4. The maximum absolute atomic E-state index is 13.9. The van der Waals surface area contributed by atoms with Crippen LogP contribution in [0.3, 0.4) is 0 Å². The van der Waals surface area contributed by atoms with Crippen LogP contribution >= 0.6 is 23.8 Å². The van der Waals surface area contributed by atoms with Gasteiger partial charge >= 0.3 is 0 Å². The van der Waals surface area contributed by atoms with E-state index in [9.17, 15) is 4.79 Å². The number of halogens is 1. The third-order valence-corrected chi connectivity index (χ3v) is 6.99. The molecule has 9 heteroatoms. The number of hydrogen-bond donors (Lipinski definition) is 2. The smallest absolute Gasteiger partial charge is 0.236 e. The molecule has 1 saturated heterocycles. The molecule has 0 saturated carbocycles. The molecule has 1 fully saturated rings. The van der Waals surface area contributed by atoms with Gasteiger partial charge < -0.3 is 24.8 Å². The maximum Gasteiger partial charge on any atom is 0.236 e. The molecule has 5 rings (SSSR count). The predicted octanol–water partition coefficient (Wildman–Crippen LogP) is 5.16. The number of hydrogen-bond acceptors (Lipinski definition) is 5. The minimum absolute atomic E-state index is 0.217. The van der Waals surface area contributed by atoms with Gasteiger partial charge in [-0.3, -0.25) is 9.69 Å². The minimum Gasteiger partial charge on any atom is -0.497 e. The number of carbonyl (C=O) groups excluding carboxylic acids is 1. The third-order valence-electron chi connectivity index (χ3n) is 6.43. The van der Waals surface area contributed by atoms with Crippen LogP contribution < -0.4 is 29.7 Å². The summed E-state index contributed by atoms with van der Waals surface area (Å²) in [6.07, 6.45) is 0. The molecule has 0 spiro atoms. The van der Waals surface area contributed by atoms with Gasteiger partial charge in [0.05, 0.1) is 20.3 Å². The number of thiocarbonyl (C=S) groups is 1. The monoisotopic (exact) mass is 509 g/mol. The number of nitrogens with zero attached hydrogens (tertiary/aromatic N) is 1. The first-order valence-electron chi connectivity index (χ1n) is 11.0. The molecule has 3 aromatic carbocycles. The first-order chi connectivity index (χ1) is 16.9. The highest BCUT2D eigenvalue weighted by molar-refractivity contribution is 7.80. The molecular weight excluding hydrogens is 486 g/mol. The topological polar surface area (TPSA) is 72.1 Å². The Balaban J connectivity index is 1.61. The number of para-hydroxylation sites is 1. The molecule has 2 aliphatic rings. The highest BCUT2D eigenvalue weighted by Gasteiger charge is 2.59. The number of benzene rings is 3. The Labute approximate surface area is 213 Å². The summed E-state index contributed by atoms with van der Waals surface area (Å²) in [6.45, 7) is 1.87. The zero-order valence-electron chi connectivity index (χ0n) is 19.4. The fourth-order valence-electron chi connectivity index (χ4n) is 4.80. The van der Waals surface area contributed by atoms with Gasteiger partial charge in [-0.1, -0.05) is 23.7 Å². The molecule has 35 heavy (non-hydrogen) atoms. The number of methoxy groups -OCH3 is 2. The van der Waals surface area contributed by atoms with Crippen LogP contribution in [0.1, 0.15) is 18.5 Å². The Morgan fingerprint density at radius 2 is 1.80 bits per heavy atom. The van der Waals surface area contributed by atoms with Crippen molar-refractivity contribution < 1.29 is 19.0 Å². The van der Waals surface area contributed by atoms with Gasteiger partial charge in [0.25, 0.3) is 0 Å². The van der Waals surface area contributed by atoms with Gasteiger partial charge in [0.2, 0.25) is 5.91 Å². The molecule has 0 unspecified atom stereocenters. The SMILES string of the molecule is COc1ccc(NC(=O)[C@H]2[C@H]3NC(=S)N(c4ccc(Cl)cc4)[C@@]2(C)Oc2c(OC)cccc23)cc1. The number of amides is 1. The van der Waals surface area contributed by atoms with Crippen molar-refractivity contribution in [2.75, 3.05) is 24.4 Å². The predicted molar refractivity (Wildman–Crippen MR) is 140 cm³/mol. The molecule has 0 aromatic heterocycles. The molecule has 2 aliphatic heterocycles. The van der Waals surface area contributed by atoms with Crippen molar-refractivity contribution in [2.24, 2.45) is 5.92 Å². The van der Waals surface area contributed by atoms with Crippen LogP contribution in [0.4, 0.5) is 11.4 Å². The molecule has 2 N–H and O–H groups in total. The van der Waals surface area contributed by atoms with Crippen LogP contribution in [-0.4, -0.2) is 31.0 Å². The Hall–Kier alpha value is -3.49. The zero-order chi connectivity index (χ0) is 24.7. The third kappa shape index (κ3) is 3.92. The van der Waals surface area contributed by atoms with Crippen LogP contribution in [0.15, 0.2) is 66.7 Å². The van der Waals surface area contributed by atoms with E-state index < -0.39 is 17.7 Å². The van der Waals surface area contributed by atoms with E-state index >= 15 is 0 Å². The van der Waals surface area contributed by atoms with Crippen LogP contribution in [0, 0.1) is 5.92 Å². The molecule has 2 bridgehead atoms. The number of nitrogens with one attached hydrogen (secondary N) is 2. The summed E-state index contributed by atoms with van der Waals surface area (Å²) in [5.74, 6) is 0.967. The van der Waals surface area contributed by atoms with E-state index in [-0.39, 0.29) is 5.91 Å². The summed E-state index contributed by atoms with van der Waals surface area (Å²) >= 11 is 11.9. The first kappa shape index (κ1) is 23.3. The van der Waals surface area contributed by atoms with Crippen LogP contribution in [0.25, 0.3) is 0 Å². The van der Waals surface area contributed by atoms with Crippen molar-refractivity contribution in [3.63, 3.8) is 0 Å². The van der Waals surface area contributed by atoms with Gasteiger partial charge in [-0.05, 0) is 73.7 Å². The molecule has 2 heterocycles. The normalized spacial score (nSPS) is 22.4. The fourth-order valence-corrected chi connectivity index (χ4v) is 5.34. The van der Waals surface area contributed by atoms with Crippen LogP contribution in [-0.2, 0) is 4.79 Å². The van der Waals surface area contributed by atoms with Crippen molar-refractivity contribution in [2.45, 2.75) is 18.7 Å². The molecule has 3 atom stereocenters. The van der Waals surface area contributed by atoms with Gasteiger partial charge in [0.1, 0.15) is 11.7 Å². The molecule has 1 amide bonds. The van der Waals surface area contributed by atoms with E-state index in [4.69, 9.17) is 38.0 Å². The van der Waals surface area contributed by atoms with Crippen molar-refractivity contribution in [1.29, 1.82) is 0 Å². The van der Waals surface area contributed by atoms with E-state index in [2.05, 4.69) is 10.6 Å². The average Bonchev–Trinajstić information content (AvgIpc) is 2.84. The summed E-state index contributed by atoms with van der Waals surface area (Å²) < 4.78 is 17.5. The summed E-state index contributed by atoms with van der Waals surface area (Å²) in [4.78, 5) is 15.7. The lowest BCUT2D eigenvalue weighted by Gasteiger charge is -2.56. The second kappa shape index (κ2) is 8.94. The first-order valence-corrected chi connectivity index (χ1v) is 11.8. The molecule has 0 radical (unpaired) electrons. The number of rotatable bonds is 5. The summed E-state index contributed by atoms with van der Waals surface area (Å²) in [5, 5.41) is 7.46. The molecule has 3 aromatic rings. The van der Waals surface area contributed by atoms with Crippen molar-refractivity contribution >= 4 is 46.2 Å². The number of anilines is 2. The number of ether oxygens (including phenoxy) is 3. The molecule has 7 nitrogen and oxygen atoms in total. The summed E-state index contributed by atoms with van der Waals surface area (Å²) in [6, 6.07) is 19.6.